The van der Waals surface area contributed by atoms with Crippen LogP contribution in [0.5, 0.6) is 0 Å². The number of methoxy groups -OCH3 is 1. The molecule has 0 unspecified atom stereocenters. The highest BCUT2D eigenvalue weighted by atomic mass is 16.7. The third-order valence-electron chi connectivity index (χ3n) is 6.07. The highest BCUT2D eigenvalue weighted by molar-refractivity contribution is 6.04. The molecule has 0 aromatic carbocycles. The fourth-order valence-corrected chi connectivity index (χ4v) is 4.77. The van der Waals surface area contributed by atoms with E-state index in [-0.39, 0.29) is 12.5 Å². The molecule has 2 saturated heterocycles. The van der Waals surface area contributed by atoms with Crippen LogP contribution in [-0.2, 0) is 23.8 Å². The predicted octanol–water partition coefficient (Wildman–Crippen LogP) is 1.53. The molecule has 3 rings (SSSR count). The number of likely N-dealkylation sites (N-methyl/N-ethyl adjacent to an activating group) is 1. The first-order valence-electron chi connectivity index (χ1n) is 9.41. The highest BCUT2D eigenvalue weighted by Gasteiger charge is 2.61. The number of aliphatic hydroxyl groups is 1. The Morgan fingerprint density at radius 1 is 1.38 bits per heavy atom. The number of hydrogen-bond acceptors (Lipinski definition) is 6. The molecule has 2 bridgehead atoms. The van der Waals surface area contributed by atoms with E-state index in [9.17, 15) is 14.7 Å². The smallest absolute Gasteiger partial charge is 0.303 e. The van der Waals surface area contributed by atoms with E-state index in [2.05, 4.69) is 6.92 Å². The van der Waals surface area contributed by atoms with E-state index in [0.29, 0.717) is 24.1 Å². The summed E-state index contributed by atoms with van der Waals surface area (Å²) in [6.07, 6.45) is 2.17. The van der Waals surface area contributed by atoms with Gasteiger partial charge in [-0.15, -0.1) is 0 Å². The van der Waals surface area contributed by atoms with Gasteiger partial charge in [-0.05, 0) is 26.7 Å². The Morgan fingerprint density at radius 3 is 2.73 bits per heavy atom. The van der Waals surface area contributed by atoms with Crippen LogP contribution in [0.2, 0.25) is 0 Å². The van der Waals surface area contributed by atoms with Crippen molar-refractivity contribution in [1.29, 1.82) is 0 Å². The molecule has 4 atom stereocenters. The first-order valence-corrected chi connectivity index (χ1v) is 9.41. The Labute approximate surface area is 154 Å². The van der Waals surface area contributed by atoms with Crippen molar-refractivity contribution in [3.05, 3.63) is 11.1 Å². The standard InChI is InChI=1S/C19H29NO6/c1-5-20-17(23)15-13-11-25-19(24-4,16(13)26-12(2)21)14(22)9-7-6-8-10-18(15,20)3/h14,16,22H,5-11H2,1-4H3/b15-13-/t14-,16-,18+,19-/m0/s1. The summed E-state index contributed by atoms with van der Waals surface area (Å²) in [4.78, 5) is 26.5. The number of likely N-dealkylation sites (tertiary alicyclic amines) is 1. The van der Waals surface area contributed by atoms with Gasteiger partial charge in [0.05, 0.1) is 12.1 Å². The molecule has 1 amide bonds. The van der Waals surface area contributed by atoms with Crippen LogP contribution in [0.25, 0.3) is 0 Å². The number of carbonyl (C=O) groups is 2. The summed E-state index contributed by atoms with van der Waals surface area (Å²) in [5.41, 5.74) is 0.876. The van der Waals surface area contributed by atoms with Crippen molar-refractivity contribution < 1.29 is 28.9 Å². The van der Waals surface area contributed by atoms with Gasteiger partial charge in [-0.3, -0.25) is 9.59 Å². The second kappa shape index (κ2) is 6.94. The van der Waals surface area contributed by atoms with Crippen LogP contribution in [0.3, 0.4) is 0 Å². The molecule has 26 heavy (non-hydrogen) atoms. The lowest BCUT2D eigenvalue weighted by Gasteiger charge is -2.53. The van der Waals surface area contributed by atoms with Crippen LogP contribution in [-0.4, -0.2) is 65.7 Å². The van der Waals surface area contributed by atoms with E-state index in [0.717, 1.165) is 25.7 Å². The maximum absolute atomic E-state index is 12.8. The predicted molar refractivity (Wildman–Crippen MR) is 93.2 cm³/mol. The van der Waals surface area contributed by atoms with E-state index in [1.54, 1.807) is 0 Å². The van der Waals surface area contributed by atoms with E-state index < -0.39 is 29.5 Å². The Hall–Kier alpha value is -1.44. The Bertz CT molecular complexity index is 632. The number of ether oxygens (including phenoxy) is 3. The number of fused-ring (bicyclic) bond motifs is 3. The van der Waals surface area contributed by atoms with E-state index in [4.69, 9.17) is 14.2 Å². The lowest BCUT2D eigenvalue weighted by atomic mass is 9.73. The van der Waals surface area contributed by atoms with Crippen molar-refractivity contribution in [3.8, 4) is 0 Å². The summed E-state index contributed by atoms with van der Waals surface area (Å²) in [7, 11) is 1.44. The van der Waals surface area contributed by atoms with Gasteiger partial charge in [0.1, 0.15) is 6.10 Å². The van der Waals surface area contributed by atoms with Gasteiger partial charge in [0.25, 0.3) is 5.91 Å². The maximum Gasteiger partial charge on any atom is 0.303 e. The number of amides is 1. The second-order valence-corrected chi connectivity index (χ2v) is 7.54. The van der Waals surface area contributed by atoms with Gasteiger partial charge in [-0.25, -0.2) is 0 Å². The molecular weight excluding hydrogens is 338 g/mol. The third kappa shape index (κ3) is 2.68. The minimum atomic E-state index is -1.47. The van der Waals surface area contributed by atoms with Crippen LogP contribution >= 0.6 is 0 Å². The van der Waals surface area contributed by atoms with Crippen LogP contribution in [0.15, 0.2) is 11.1 Å². The molecule has 7 nitrogen and oxygen atoms in total. The number of esters is 1. The fourth-order valence-electron chi connectivity index (χ4n) is 4.77. The highest BCUT2D eigenvalue weighted by Crippen LogP contribution is 2.49. The summed E-state index contributed by atoms with van der Waals surface area (Å²) in [5.74, 6) is -2.01. The molecule has 1 aliphatic carbocycles. The molecule has 1 N–H and O–H groups in total. The largest absolute Gasteiger partial charge is 0.452 e. The average molecular weight is 367 g/mol. The number of β-lactam (4-membered cyclic amide) rings is 1. The zero-order valence-electron chi connectivity index (χ0n) is 16.0. The van der Waals surface area contributed by atoms with Gasteiger partial charge in [-0.2, -0.15) is 0 Å². The second-order valence-electron chi connectivity index (χ2n) is 7.54. The molecule has 7 heteroatoms. The molecule has 2 fully saturated rings. The molecule has 0 aromatic heterocycles. The summed E-state index contributed by atoms with van der Waals surface area (Å²) in [6, 6.07) is 0. The Morgan fingerprint density at radius 2 is 2.12 bits per heavy atom. The van der Waals surface area contributed by atoms with Crippen LogP contribution in [0.1, 0.15) is 52.9 Å². The average Bonchev–Trinajstić information content (AvgIpc) is 2.92. The van der Waals surface area contributed by atoms with Crippen molar-refractivity contribution in [2.45, 2.75) is 76.4 Å². The van der Waals surface area contributed by atoms with Gasteiger partial charge in [0.2, 0.25) is 5.79 Å². The van der Waals surface area contributed by atoms with Crippen LogP contribution < -0.4 is 0 Å². The number of rotatable bonds is 3. The zero-order chi connectivity index (χ0) is 19.1. The molecule has 146 valence electrons. The normalized spacial score (nSPS) is 40.5. The van der Waals surface area contributed by atoms with E-state index in [1.807, 2.05) is 11.8 Å². The lowest BCUT2D eigenvalue weighted by molar-refractivity contribution is -0.282. The fraction of sp³-hybridized carbons (Fsp3) is 0.789. The Balaban J connectivity index is 2.14. The number of hydrogen-bond donors (Lipinski definition) is 1. The van der Waals surface area contributed by atoms with Crippen molar-refractivity contribution in [1.82, 2.24) is 4.90 Å². The number of nitrogens with zero attached hydrogens (tertiary/aromatic N) is 1. The maximum atomic E-state index is 12.8. The van der Waals surface area contributed by atoms with Crippen molar-refractivity contribution >= 4 is 11.9 Å². The molecule has 2 aliphatic heterocycles. The van der Waals surface area contributed by atoms with Gasteiger partial charge in [0, 0.05) is 31.7 Å². The van der Waals surface area contributed by atoms with Crippen molar-refractivity contribution in [3.63, 3.8) is 0 Å². The summed E-state index contributed by atoms with van der Waals surface area (Å²) in [5, 5.41) is 10.8. The molecule has 0 saturated carbocycles. The van der Waals surface area contributed by atoms with Crippen molar-refractivity contribution in [2.24, 2.45) is 0 Å². The molecule has 3 aliphatic rings. The van der Waals surface area contributed by atoms with E-state index >= 15 is 0 Å². The van der Waals surface area contributed by atoms with E-state index in [1.165, 1.54) is 14.0 Å². The summed E-state index contributed by atoms with van der Waals surface area (Å²) < 4.78 is 17.0. The van der Waals surface area contributed by atoms with Gasteiger partial charge in [0.15, 0.2) is 6.10 Å². The van der Waals surface area contributed by atoms with Gasteiger partial charge < -0.3 is 24.2 Å². The zero-order valence-corrected chi connectivity index (χ0v) is 16.0. The van der Waals surface area contributed by atoms with Crippen LogP contribution in [0.4, 0.5) is 0 Å². The molecular formula is C19H29NO6. The first kappa shape index (κ1) is 19.3. The summed E-state index contributed by atoms with van der Waals surface area (Å²) in [6.45, 7) is 6.08. The Kier molecular flexibility index (Phi) is 5.16. The monoisotopic (exact) mass is 367 g/mol. The summed E-state index contributed by atoms with van der Waals surface area (Å²) >= 11 is 0. The molecule has 0 radical (unpaired) electrons. The van der Waals surface area contributed by atoms with Crippen LogP contribution in [0, 0.1) is 0 Å². The molecule has 0 aromatic rings. The SMILES string of the molecule is CCN1C(=O)/C2=C3\CO[C@@](OC)([C@@H](O)CCCCC[C@]21C)[C@H]3OC(C)=O. The third-order valence-corrected chi connectivity index (χ3v) is 6.07. The van der Waals surface area contributed by atoms with Gasteiger partial charge >= 0.3 is 5.97 Å². The lowest BCUT2D eigenvalue weighted by Crippen LogP contribution is -2.65. The molecule has 2 heterocycles. The van der Waals surface area contributed by atoms with Crippen molar-refractivity contribution in [2.75, 3.05) is 20.3 Å². The quantitative estimate of drug-likeness (QED) is 0.602. The number of carbonyl (C=O) groups excluding carboxylic acids is 2. The minimum Gasteiger partial charge on any atom is -0.452 e. The molecule has 0 spiro atoms. The van der Waals surface area contributed by atoms with Gasteiger partial charge in [-0.1, -0.05) is 19.3 Å². The minimum absolute atomic E-state index is 0.0496. The topological polar surface area (TPSA) is 85.3 Å². The number of aliphatic hydroxyl groups excluding tert-OH is 1. The first-order chi connectivity index (χ1) is 12.3.